The average molecular weight is 271 g/mol. The molecule has 3 nitrogen and oxygen atoms in total. The zero-order valence-electron chi connectivity index (χ0n) is 10.4. The predicted molar refractivity (Wildman–Crippen MR) is 68.4 cm³/mol. The van der Waals surface area contributed by atoms with E-state index < -0.39 is 9.05 Å². The number of halogens is 1. The van der Waals surface area contributed by atoms with E-state index >= 15 is 0 Å². The van der Waals surface area contributed by atoms with Crippen molar-refractivity contribution < 1.29 is 13.2 Å². The van der Waals surface area contributed by atoms with Gasteiger partial charge in [0, 0.05) is 10.7 Å². The third-order valence-electron chi connectivity index (χ3n) is 2.44. The Morgan fingerprint density at radius 2 is 1.75 bits per heavy atom. The first-order valence-corrected chi connectivity index (χ1v) is 8.40. The third kappa shape index (κ3) is 9.43. The van der Waals surface area contributed by atoms with Gasteiger partial charge in [0.1, 0.15) is 0 Å². The lowest BCUT2D eigenvalue weighted by Gasteiger charge is -2.18. The highest BCUT2D eigenvalue weighted by Gasteiger charge is 2.17. The van der Waals surface area contributed by atoms with Crippen LogP contribution in [0.3, 0.4) is 0 Å². The van der Waals surface area contributed by atoms with Crippen LogP contribution >= 0.6 is 10.7 Å². The Morgan fingerprint density at radius 3 is 2.19 bits per heavy atom. The highest BCUT2D eigenvalue weighted by atomic mass is 35.7. The summed E-state index contributed by atoms with van der Waals surface area (Å²) in [6.07, 6.45) is 4.06. The van der Waals surface area contributed by atoms with Crippen molar-refractivity contribution in [2.24, 2.45) is 5.92 Å². The van der Waals surface area contributed by atoms with Crippen molar-refractivity contribution in [3.8, 4) is 0 Å². The molecule has 0 aliphatic rings. The lowest BCUT2D eigenvalue weighted by molar-refractivity contribution is 0.0374. The highest BCUT2D eigenvalue weighted by Crippen LogP contribution is 2.14. The molecule has 0 aromatic heterocycles. The molecular formula is C11H23ClO3S. The van der Waals surface area contributed by atoms with Crippen LogP contribution < -0.4 is 0 Å². The Balaban J connectivity index is 4.03. The van der Waals surface area contributed by atoms with Crippen LogP contribution in [0, 0.1) is 5.92 Å². The minimum Gasteiger partial charge on any atom is -0.378 e. The van der Waals surface area contributed by atoms with Gasteiger partial charge in [-0.15, -0.1) is 0 Å². The van der Waals surface area contributed by atoms with Crippen LogP contribution in [0.2, 0.25) is 0 Å². The Kier molecular flexibility index (Phi) is 8.42. The smallest absolute Gasteiger partial charge is 0.232 e. The van der Waals surface area contributed by atoms with Gasteiger partial charge in [-0.2, -0.15) is 0 Å². The van der Waals surface area contributed by atoms with E-state index in [4.69, 9.17) is 15.4 Å². The standard InChI is InChI=1S/C11H23ClO3S/c1-4-6-10(3)15-8-11(7-5-2)9-16(12,13)14/h10-11H,4-9H2,1-3H3. The summed E-state index contributed by atoms with van der Waals surface area (Å²) in [5.41, 5.74) is 0. The van der Waals surface area contributed by atoms with Crippen molar-refractivity contribution in [3.05, 3.63) is 0 Å². The number of rotatable bonds is 9. The Bertz CT molecular complexity index is 264. The van der Waals surface area contributed by atoms with E-state index in [-0.39, 0.29) is 17.8 Å². The molecule has 0 bridgehead atoms. The van der Waals surface area contributed by atoms with Gasteiger partial charge in [-0.1, -0.05) is 26.7 Å². The molecule has 0 fully saturated rings. The van der Waals surface area contributed by atoms with Gasteiger partial charge in [0.25, 0.3) is 0 Å². The van der Waals surface area contributed by atoms with Crippen molar-refractivity contribution in [1.82, 2.24) is 0 Å². The number of hydrogen-bond acceptors (Lipinski definition) is 3. The summed E-state index contributed by atoms with van der Waals surface area (Å²) < 4.78 is 27.6. The fraction of sp³-hybridized carbons (Fsp3) is 1.00. The first kappa shape index (κ1) is 16.2. The number of hydrogen-bond donors (Lipinski definition) is 0. The molecule has 0 heterocycles. The van der Waals surface area contributed by atoms with E-state index in [2.05, 4.69) is 6.92 Å². The van der Waals surface area contributed by atoms with Gasteiger partial charge in [0.15, 0.2) is 0 Å². The number of ether oxygens (including phenoxy) is 1. The summed E-state index contributed by atoms with van der Waals surface area (Å²) in [5.74, 6) is 0.0353. The van der Waals surface area contributed by atoms with Gasteiger partial charge in [0.2, 0.25) is 9.05 Å². The largest absolute Gasteiger partial charge is 0.378 e. The molecule has 0 amide bonds. The molecule has 0 saturated heterocycles. The summed E-state index contributed by atoms with van der Waals surface area (Å²) in [5, 5.41) is 0. The summed E-state index contributed by atoms with van der Waals surface area (Å²) in [6, 6.07) is 0. The van der Waals surface area contributed by atoms with E-state index in [0.29, 0.717) is 6.61 Å². The van der Waals surface area contributed by atoms with Crippen molar-refractivity contribution >= 4 is 19.7 Å². The summed E-state index contributed by atoms with van der Waals surface area (Å²) in [4.78, 5) is 0. The van der Waals surface area contributed by atoms with Crippen LogP contribution in [0.5, 0.6) is 0 Å². The molecule has 98 valence electrons. The lowest BCUT2D eigenvalue weighted by atomic mass is 10.1. The molecule has 0 radical (unpaired) electrons. The van der Waals surface area contributed by atoms with Crippen LogP contribution in [0.15, 0.2) is 0 Å². The molecular weight excluding hydrogens is 248 g/mol. The quantitative estimate of drug-likeness (QED) is 0.605. The molecule has 0 saturated carbocycles. The lowest BCUT2D eigenvalue weighted by Crippen LogP contribution is -2.21. The van der Waals surface area contributed by atoms with Crippen LogP contribution in [0.25, 0.3) is 0 Å². The van der Waals surface area contributed by atoms with Gasteiger partial charge in [-0.05, 0) is 25.7 Å². The van der Waals surface area contributed by atoms with Gasteiger partial charge in [0.05, 0.1) is 18.5 Å². The van der Waals surface area contributed by atoms with Crippen LogP contribution in [-0.4, -0.2) is 26.9 Å². The normalized spacial score (nSPS) is 16.0. The topological polar surface area (TPSA) is 43.4 Å². The zero-order chi connectivity index (χ0) is 12.6. The van der Waals surface area contributed by atoms with E-state index in [1.807, 2.05) is 13.8 Å². The van der Waals surface area contributed by atoms with Crippen molar-refractivity contribution in [3.63, 3.8) is 0 Å². The summed E-state index contributed by atoms with van der Waals surface area (Å²) >= 11 is 0. The van der Waals surface area contributed by atoms with Gasteiger partial charge in [-0.3, -0.25) is 0 Å². The molecule has 2 atom stereocenters. The second kappa shape index (κ2) is 8.31. The molecule has 0 aliphatic carbocycles. The van der Waals surface area contributed by atoms with E-state index in [1.165, 1.54) is 0 Å². The van der Waals surface area contributed by atoms with Crippen LogP contribution in [0.4, 0.5) is 0 Å². The first-order valence-electron chi connectivity index (χ1n) is 5.93. The molecule has 2 unspecified atom stereocenters. The molecule has 0 aromatic carbocycles. The monoisotopic (exact) mass is 270 g/mol. The molecule has 0 rings (SSSR count). The van der Waals surface area contributed by atoms with Crippen LogP contribution in [-0.2, 0) is 13.8 Å². The minimum atomic E-state index is -3.41. The van der Waals surface area contributed by atoms with E-state index in [9.17, 15) is 8.42 Å². The minimum absolute atomic E-state index is 0.0151. The van der Waals surface area contributed by atoms with Gasteiger partial charge >= 0.3 is 0 Å². The maximum Gasteiger partial charge on any atom is 0.232 e. The highest BCUT2D eigenvalue weighted by molar-refractivity contribution is 8.13. The van der Waals surface area contributed by atoms with Gasteiger partial charge < -0.3 is 4.74 Å². The maximum absolute atomic E-state index is 11.0. The molecule has 16 heavy (non-hydrogen) atoms. The average Bonchev–Trinajstić information content (AvgIpc) is 2.13. The third-order valence-corrected chi connectivity index (χ3v) is 3.69. The second-order valence-corrected chi connectivity index (χ2v) is 7.11. The molecule has 0 N–H and O–H groups in total. The van der Waals surface area contributed by atoms with E-state index in [0.717, 1.165) is 25.7 Å². The Morgan fingerprint density at radius 1 is 1.19 bits per heavy atom. The maximum atomic E-state index is 11.0. The first-order chi connectivity index (χ1) is 7.39. The van der Waals surface area contributed by atoms with Gasteiger partial charge in [-0.25, -0.2) is 8.42 Å². The molecule has 5 heteroatoms. The van der Waals surface area contributed by atoms with E-state index in [1.54, 1.807) is 0 Å². The van der Waals surface area contributed by atoms with Crippen molar-refractivity contribution in [2.75, 3.05) is 12.4 Å². The fourth-order valence-corrected chi connectivity index (χ4v) is 3.06. The van der Waals surface area contributed by atoms with Crippen LogP contribution in [0.1, 0.15) is 46.5 Å². The fourth-order valence-electron chi connectivity index (χ4n) is 1.69. The SMILES string of the molecule is CCCC(COC(C)CCC)CS(=O)(=O)Cl. The second-order valence-electron chi connectivity index (χ2n) is 4.29. The molecule has 0 aromatic rings. The molecule has 0 aliphatic heterocycles. The zero-order valence-corrected chi connectivity index (χ0v) is 12.0. The summed E-state index contributed by atoms with van der Waals surface area (Å²) in [7, 11) is 1.84. The Labute approximate surface area is 104 Å². The van der Waals surface area contributed by atoms with Crippen molar-refractivity contribution in [1.29, 1.82) is 0 Å². The summed E-state index contributed by atoms with van der Waals surface area (Å²) in [6.45, 7) is 6.64. The molecule has 0 spiro atoms. The predicted octanol–water partition coefficient (Wildman–Crippen LogP) is 3.18. The Hall–Kier alpha value is 0.200. The van der Waals surface area contributed by atoms with Crippen molar-refractivity contribution in [2.45, 2.75) is 52.6 Å².